The van der Waals surface area contributed by atoms with Crippen molar-refractivity contribution in [2.45, 2.75) is 38.8 Å². The Labute approximate surface area is 195 Å². The van der Waals surface area contributed by atoms with Crippen molar-refractivity contribution in [2.24, 2.45) is 5.73 Å². The first-order chi connectivity index (χ1) is 15.8. The first-order valence-electron chi connectivity index (χ1n) is 10.6. The summed E-state index contributed by atoms with van der Waals surface area (Å²) >= 11 is 1.26. The van der Waals surface area contributed by atoms with Crippen molar-refractivity contribution < 1.29 is 23.8 Å². The van der Waals surface area contributed by atoms with E-state index in [0.29, 0.717) is 11.3 Å². The highest BCUT2D eigenvalue weighted by atomic mass is 32.1. The van der Waals surface area contributed by atoms with Gasteiger partial charge in [0.15, 0.2) is 0 Å². The standard InChI is InChI=1S/C24H26FN3O4S/c1-3-4-15-5-8-17(9-6-15)32-14(2)22-12-20(28-33-22)16-7-10-18(19(25)11-16)24(31)27-21(13-29)23(26)30/h5-12,14,21,29H,3-4,13H2,1-2H3,(H2,26,30)(H,27,31)/t14?,21-/m0/s1. The molecule has 0 aliphatic rings. The van der Waals surface area contributed by atoms with Gasteiger partial charge in [-0.2, -0.15) is 4.37 Å². The molecule has 0 aliphatic carbocycles. The maximum absolute atomic E-state index is 14.6. The molecule has 0 saturated carbocycles. The van der Waals surface area contributed by atoms with Crippen molar-refractivity contribution in [3.8, 4) is 17.0 Å². The summed E-state index contributed by atoms with van der Waals surface area (Å²) in [4.78, 5) is 24.3. The first kappa shape index (κ1) is 24.3. The third-order valence-electron chi connectivity index (χ3n) is 5.04. The fourth-order valence-electron chi connectivity index (χ4n) is 3.20. The van der Waals surface area contributed by atoms with Crippen molar-refractivity contribution in [3.63, 3.8) is 0 Å². The molecule has 0 aliphatic heterocycles. The SMILES string of the molecule is CCCc1ccc(OC(C)c2cc(-c3ccc(C(=O)N[C@@H](CO)C(N)=O)c(F)c3)ns2)cc1. The van der Waals surface area contributed by atoms with Crippen LogP contribution in [0.4, 0.5) is 4.39 Å². The van der Waals surface area contributed by atoms with E-state index >= 15 is 0 Å². The molecule has 2 aromatic carbocycles. The lowest BCUT2D eigenvalue weighted by molar-refractivity contribution is -0.120. The Kier molecular flexibility index (Phi) is 8.13. The summed E-state index contributed by atoms with van der Waals surface area (Å²) in [6, 6.07) is 12.6. The Hall–Kier alpha value is -3.30. The number of aliphatic hydroxyl groups is 1. The summed E-state index contributed by atoms with van der Waals surface area (Å²) < 4.78 is 25.0. The number of hydrogen-bond acceptors (Lipinski definition) is 6. The molecular formula is C24H26FN3O4S. The molecule has 2 amide bonds. The van der Waals surface area contributed by atoms with E-state index in [9.17, 15) is 14.0 Å². The van der Waals surface area contributed by atoms with Crippen molar-refractivity contribution in [3.05, 3.63) is 70.4 Å². The van der Waals surface area contributed by atoms with Crippen LogP contribution in [0.15, 0.2) is 48.5 Å². The smallest absolute Gasteiger partial charge is 0.254 e. The highest BCUT2D eigenvalue weighted by Gasteiger charge is 2.21. The molecule has 4 N–H and O–H groups in total. The first-order valence-corrected chi connectivity index (χ1v) is 11.3. The number of rotatable bonds is 10. The fourth-order valence-corrected chi connectivity index (χ4v) is 3.93. The summed E-state index contributed by atoms with van der Waals surface area (Å²) in [5.74, 6) is -1.78. The van der Waals surface area contributed by atoms with Crippen LogP contribution in [0.3, 0.4) is 0 Å². The number of primary amides is 1. The highest BCUT2D eigenvalue weighted by Crippen LogP contribution is 2.30. The van der Waals surface area contributed by atoms with E-state index in [2.05, 4.69) is 28.7 Å². The molecule has 174 valence electrons. The number of aliphatic hydroxyl groups excluding tert-OH is 1. The molecule has 0 radical (unpaired) electrons. The van der Waals surface area contributed by atoms with E-state index in [1.54, 1.807) is 6.07 Å². The van der Waals surface area contributed by atoms with E-state index in [1.165, 1.54) is 29.2 Å². The second-order valence-electron chi connectivity index (χ2n) is 7.57. The van der Waals surface area contributed by atoms with Crippen LogP contribution in [-0.4, -0.2) is 33.9 Å². The predicted octanol–water partition coefficient (Wildman–Crippen LogP) is 3.62. The number of aryl methyl sites for hydroxylation is 1. The molecule has 1 aromatic heterocycles. The number of nitrogens with zero attached hydrogens (tertiary/aromatic N) is 1. The van der Waals surface area contributed by atoms with Crippen LogP contribution in [0, 0.1) is 5.82 Å². The molecule has 3 aromatic rings. The maximum Gasteiger partial charge on any atom is 0.254 e. The van der Waals surface area contributed by atoms with Crippen molar-refractivity contribution in [2.75, 3.05) is 6.61 Å². The number of halogens is 1. The van der Waals surface area contributed by atoms with Gasteiger partial charge in [-0.15, -0.1) is 0 Å². The van der Waals surface area contributed by atoms with Gasteiger partial charge in [-0.25, -0.2) is 4.39 Å². The quantitative estimate of drug-likeness (QED) is 0.418. The molecule has 2 atom stereocenters. The zero-order chi connectivity index (χ0) is 24.0. The minimum atomic E-state index is -1.29. The predicted molar refractivity (Wildman–Crippen MR) is 125 cm³/mol. The Morgan fingerprint density at radius 2 is 1.94 bits per heavy atom. The third kappa shape index (κ3) is 6.15. The molecule has 0 fully saturated rings. The van der Waals surface area contributed by atoms with Crippen LogP contribution in [0.1, 0.15) is 47.2 Å². The van der Waals surface area contributed by atoms with E-state index < -0.39 is 30.3 Å². The topological polar surface area (TPSA) is 115 Å². The van der Waals surface area contributed by atoms with E-state index in [-0.39, 0.29) is 11.7 Å². The van der Waals surface area contributed by atoms with Crippen LogP contribution < -0.4 is 15.8 Å². The van der Waals surface area contributed by atoms with Crippen LogP contribution in [0.25, 0.3) is 11.3 Å². The molecule has 9 heteroatoms. The van der Waals surface area contributed by atoms with E-state index in [1.807, 2.05) is 25.1 Å². The van der Waals surface area contributed by atoms with Gasteiger partial charge in [-0.3, -0.25) is 9.59 Å². The summed E-state index contributed by atoms with van der Waals surface area (Å²) in [6.07, 6.45) is 1.87. The molecule has 7 nitrogen and oxygen atoms in total. The molecule has 1 unspecified atom stereocenters. The summed E-state index contributed by atoms with van der Waals surface area (Å²) in [6.45, 7) is 3.38. The van der Waals surface area contributed by atoms with Gasteiger partial charge < -0.3 is 20.9 Å². The van der Waals surface area contributed by atoms with Crippen LogP contribution >= 0.6 is 11.5 Å². The molecule has 0 saturated heterocycles. The number of carbonyl (C=O) groups excluding carboxylic acids is 2. The summed E-state index contributed by atoms with van der Waals surface area (Å²) in [7, 11) is 0. The van der Waals surface area contributed by atoms with Gasteiger partial charge in [0.25, 0.3) is 5.91 Å². The van der Waals surface area contributed by atoms with Gasteiger partial charge in [0.05, 0.1) is 22.7 Å². The highest BCUT2D eigenvalue weighted by molar-refractivity contribution is 7.06. The number of aromatic nitrogens is 1. The molecule has 0 bridgehead atoms. The molecule has 1 heterocycles. The Balaban J connectivity index is 1.69. The number of carbonyl (C=O) groups is 2. The zero-order valence-electron chi connectivity index (χ0n) is 18.4. The lowest BCUT2D eigenvalue weighted by atomic mass is 10.1. The number of ether oxygens (including phenoxy) is 1. The van der Waals surface area contributed by atoms with E-state index in [0.717, 1.165) is 23.5 Å². The molecule has 33 heavy (non-hydrogen) atoms. The average molecular weight is 472 g/mol. The number of benzene rings is 2. The van der Waals surface area contributed by atoms with Crippen molar-refractivity contribution in [1.82, 2.24) is 9.69 Å². The monoisotopic (exact) mass is 471 g/mol. The van der Waals surface area contributed by atoms with Gasteiger partial charge in [-0.05, 0) is 60.8 Å². The third-order valence-corrected chi connectivity index (χ3v) is 5.99. The minimum Gasteiger partial charge on any atom is -0.485 e. The normalized spacial score (nSPS) is 12.7. The summed E-state index contributed by atoms with van der Waals surface area (Å²) in [5.41, 5.74) is 7.13. The maximum atomic E-state index is 14.6. The van der Waals surface area contributed by atoms with Crippen LogP contribution in [0.2, 0.25) is 0 Å². The molecule has 3 rings (SSSR count). The van der Waals surface area contributed by atoms with Gasteiger partial charge in [0.1, 0.15) is 23.7 Å². The number of nitrogens with one attached hydrogen (secondary N) is 1. The largest absolute Gasteiger partial charge is 0.485 e. The van der Waals surface area contributed by atoms with Gasteiger partial charge in [0, 0.05) is 5.56 Å². The second kappa shape index (κ2) is 11.0. The lowest BCUT2D eigenvalue weighted by Gasteiger charge is -2.13. The zero-order valence-corrected chi connectivity index (χ0v) is 19.2. The number of nitrogens with two attached hydrogens (primary N) is 1. The number of amides is 2. The Morgan fingerprint density at radius 1 is 1.21 bits per heavy atom. The molecule has 0 spiro atoms. The van der Waals surface area contributed by atoms with Gasteiger partial charge in [0.2, 0.25) is 5.91 Å². The second-order valence-corrected chi connectivity index (χ2v) is 8.41. The van der Waals surface area contributed by atoms with Crippen LogP contribution in [-0.2, 0) is 11.2 Å². The van der Waals surface area contributed by atoms with Crippen molar-refractivity contribution >= 4 is 23.3 Å². The van der Waals surface area contributed by atoms with Gasteiger partial charge >= 0.3 is 0 Å². The average Bonchev–Trinajstić information content (AvgIpc) is 3.29. The Bertz CT molecular complexity index is 1120. The molecular weight excluding hydrogens is 445 g/mol. The van der Waals surface area contributed by atoms with Gasteiger partial charge in [-0.1, -0.05) is 31.5 Å². The summed E-state index contributed by atoms with van der Waals surface area (Å²) in [5, 5.41) is 11.3. The fraction of sp³-hybridized carbons (Fsp3) is 0.292. The number of hydrogen-bond donors (Lipinski definition) is 3. The minimum absolute atomic E-state index is 0.243. The van der Waals surface area contributed by atoms with Crippen LogP contribution in [0.5, 0.6) is 5.75 Å². The Morgan fingerprint density at radius 3 is 2.55 bits per heavy atom. The van der Waals surface area contributed by atoms with Crippen molar-refractivity contribution in [1.29, 1.82) is 0 Å². The lowest BCUT2D eigenvalue weighted by Crippen LogP contribution is -2.47. The van der Waals surface area contributed by atoms with E-state index in [4.69, 9.17) is 15.6 Å².